The fourth-order valence-corrected chi connectivity index (χ4v) is 4.80. The first-order valence-corrected chi connectivity index (χ1v) is 9.89. The van der Waals surface area contributed by atoms with E-state index < -0.39 is 17.9 Å². The van der Waals surface area contributed by atoms with Gasteiger partial charge in [-0.1, -0.05) is 6.07 Å². The summed E-state index contributed by atoms with van der Waals surface area (Å²) in [6.45, 7) is 1.54. The number of alkyl halides is 2. The van der Waals surface area contributed by atoms with Crippen LogP contribution in [0.15, 0.2) is 18.2 Å². The molecule has 0 radical (unpaired) electrons. The summed E-state index contributed by atoms with van der Waals surface area (Å²) in [6.07, 6.45) is 0.467. The summed E-state index contributed by atoms with van der Waals surface area (Å²) in [5, 5.41) is 28.1. The van der Waals surface area contributed by atoms with E-state index in [0.717, 1.165) is 17.0 Å². The van der Waals surface area contributed by atoms with Gasteiger partial charge in [0.05, 0.1) is 17.4 Å². The average Bonchev–Trinajstić information content (AvgIpc) is 2.89. The quantitative estimate of drug-likeness (QED) is 0.716. The molecular weight excluding hydrogens is 382 g/mol. The van der Waals surface area contributed by atoms with E-state index in [4.69, 9.17) is 0 Å². The second-order valence-electron chi connectivity index (χ2n) is 8.02. The summed E-state index contributed by atoms with van der Waals surface area (Å²) in [5.74, 6) is -3.66. The van der Waals surface area contributed by atoms with Crippen LogP contribution in [-0.4, -0.2) is 56.5 Å². The van der Waals surface area contributed by atoms with Gasteiger partial charge in [-0.15, -0.1) is 0 Å². The van der Waals surface area contributed by atoms with Gasteiger partial charge in [0.25, 0.3) is 5.92 Å². The molecule has 3 N–H and O–H groups in total. The van der Waals surface area contributed by atoms with E-state index in [9.17, 15) is 23.8 Å². The van der Waals surface area contributed by atoms with Crippen molar-refractivity contribution in [1.82, 2.24) is 20.0 Å². The molecule has 154 valence electrons. The van der Waals surface area contributed by atoms with Crippen LogP contribution in [0.3, 0.4) is 0 Å². The zero-order valence-corrected chi connectivity index (χ0v) is 15.7. The molecule has 1 aromatic carbocycles. The van der Waals surface area contributed by atoms with Gasteiger partial charge in [-0.05, 0) is 24.1 Å². The van der Waals surface area contributed by atoms with Crippen molar-refractivity contribution in [3.63, 3.8) is 0 Å². The zero-order valence-electron chi connectivity index (χ0n) is 15.7. The van der Waals surface area contributed by atoms with Crippen LogP contribution in [0.4, 0.5) is 13.6 Å². The summed E-state index contributed by atoms with van der Waals surface area (Å²) in [7, 11) is 0. The molecule has 1 fully saturated rings. The normalized spacial score (nSPS) is 25.1. The number of hydrogen-bond acceptors (Lipinski definition) is 4. The van der Waals surface area contributed by atoms with Crippen LogP contribution < -0.4 is 5.32 Å². The zero-order chi connectivity index (χ0) is 20.3. The highest BCUT2D eigenvalue weighted by molar-refractivity contribution is 5.67. The lowest BCUT2D eigenvalue weighted by atomic mass is 9.76. The Morgan fingerprint density at radius 3 is 2.79 bits per heavy atom. The lowest BCUT2D eigenvalue weighted by Crippen LogP contribution is -2.43. The average molecular weight is 404 g/mol. The Labute approximate surface area is 165 Å². The van der Waals surface area contributed by atoms with Crippen molar-refractivity contribution >= 4 is 6.09 Å². The molecular formula is C20H22F2N4O3. The summed E-state index contributed by atoms with van der Waals surface area (Å²) >= 11 is 0. The van der Waals surface area contributed by atoms with Crippen LogP contribution in [0.1, 0.15) is 47.3 Å². The number of carbonyl (C=O) groups is 1. The van der Waals surface area contributed by atoms with Gasteiger partial charge in [0.1, 0.15) is 11.4 Å². The largest absolute Gasteiger partial charge is 0.506 e. The third-order valence-electron chi connectivity index (χ3n) is 6.43. The van der Waals surface area contributed by atoms with Crippen molar-refractivity contribution in [1.29, 1.82) is 0 Å². The number of hydrogen-bond donors (Lipinski definition) is 3. The summed E-state index contributed by atoms with van der Waals surface area (Å²) in [5.41, 5.74) is 3.47. The standard InChI is InChI=1S/C20H22F2N4O3/c21-20(22)6-3-12(20)11-1-2-14(17(27)9-11)26-15-5-8-25(19(28)29)16-10-23-7-4-13(24-26)18(15)16/h1-2,9,12,16,23,27H,3-8,10H2,(H,28,29). The third-order valence-corrected chi connectivity index (χ3v) is 6.43. The van der Waals surface area contributed by atoms with E-state index in [1.54, 1.807) is 16.8 Å². The molecule has 0 spiro atoms. The van der Waals surface area contributed by atoms with Crippen molar-refractivity contribution in [2.45, 2.75) is 43.6 Å². The lowest BCUT2D eigenvalue weighted by Gasteiger charge is -2.36. The molecule has 2 aliphatic heterocycles. The maximum absolute atomic E-state index is 13.8. The van der Waals surface area contributed by atoms with Crippen molar-refractivity contribution in [2.24, 2.45) is 0 Å². The van der Waals surface area contributed by atoms with Gasteiger partial charge in [0, 0.05) is 50.4 Å². The highest BCUT2D eigenvalue weighted by atomic mass is 19.3. The van der Waals surface area contributed by atoms with Crippen molar-refractivity contribution in [3.05, 3.63) is 40.7 Å². The van der Waals surface area contributed by atoms with Gasteiger partial charge in [-0.25, -0.2) is 18.3 Å². The van der Waals surface area contributed by atoms with Gasteiger partial charge in [0.15, 0.2) is 0 Å². The number of halogens is 2. The second-order valence-corrected chi connectivity index (χ2v) is 8.02. The van der Waals surface area contributed by atoms with E-state index >= 15 is 0 Å². The molecule has 3 aliphatic rings. The third kappa shape index (κ3) is 2.78. The van der Waals surface area contributed by atoms with E-state index in [-0.39, 0.29) is 18.2 Å². The topological polar surface area (TPSA) is 90.6 Å². The molecule has 0 saturated heterocycles. The first kappa shape index (κ1) is 18.4. The SMILES string of the molecule is O=C(O)N1CCc2c3c(nn2-c2ccc(C4CCC4(F)F)cc2O)CCNCC31. The highest BCUT2D eigenvalue weighted by Crippen LogP contribution is 2.50. The molecule has 9 heteroatoms. The van der Waals surface area contributed by atoms with Crippen LogP contribution in [0.25, 0.3) is 5.69 Å². The Kier molecular flexibility index (Phi) is 4.06. The number of phenolic OH excluding ortho intramolecular Hbond substituents is 1. The van der Waals surface area contributed by atoms with E-state index in [1.165, 1.54) is 11.0 Å². The predicted molar refractivity (Wildman–Crippen MR) is 99.9 cm³/mol. The molecule has 5 rings (SSSR count). The first-order chi connectivity index (χ1) is 13.9. The Morgan fingerprint density at radius 1 is 1.31 bits per heavy atom. The minimum absolute atomic E-state index is 0.0885. The number of nitrogens with zero attached hydrogens (tertiary/aromatic N) is 3. The Morgan fingerprint density at radius 2 is 2.14 bits per heavy atom. The van der Waals surface area contributed by atoms with Crippen LogP contribution in [0, 0.1) is 0 Å². The number of phenols is 1. The maximum atomic E-state index is 13.8. The summed E-state index contributed by atoms with van der Waals surface area (Å²) in [6, 6.07) is 4.37. The highest BCUT2D eigenvalue weighted by Gasteiger charge is 2.49. The van der Waals surface area contributed by atoms with Crippen LogP contribution >= 0.6 is 0 Å². The Hall–Kier alpha value is -2.68. The number of amides is 1. The fourth-order valence-electron chi connectivity index (χ4n) is 4.80. The van der Waals surface area contributed by atoms with E-state index in [1.807, 2.05) is 0 Å². The molecule has 1 aromatic heterocycles. The van der Waals surface area contributed by atoms with E-state index in [0.29, 0.717) is 50.1 Å². The maximum Gasteiger partial charge on any atom is 0.407 e. The minimum Gasteiger partial charge on any atom is -0.506 e. The minimum atomic E-state index is -2.72. The number of carboxylic acid groups (broad SMARTS) is 1. The van der Waals surface area contributed by atoms with Crippen LogP contribution in [0.5, 0.6) is 5.75 Å². The van der Waals surface area contributed by atoms with Gasteiger partial charge in [-0.2, -0.15) is 5.10 Å². The van der Waals surface area contributed by atoms with Crippen molar-refractivity contribution in [3.8, 4) is 11.4 Å². The molecule has 3 heterocycles. The molecule has 0 bridgehead atoms. The second kappa shape index (κ2) is 6.41. The lowest BCUT2D eigenvalue weighted by molar-refractivity contribution is -0.0962. The Balaban J connectivity index is 1.56. The number of aromatic nitrogens is 2. The molecule has 2 unspecified atom stereocenters. The van der Waals surface area contributed by atoms with Crippen molar-refractivity contribution < 1.29 is 23.8 Å². The molecule has 1 aliphatic carbocycles. The van der Waals surface area contributed by atoms with Gasteiger partial charge < -0.3 is 15.5 Å². The number of rotatable bonds is 2. The van der Waals surface area contributed by atoms with Crippen LogP contribution in [0.2, 0.25) is 0 Å². The molecule has 29 heavy (non-hydrogen) atoms. The predicted octanol–water partition coefficient (Wildman–Crippen LogP) is 2.81. The van der Waals surface area contributed by atoms with Crippen molar-refractivity contribution in [2.75, 3.05) is 19.6 Å². The summed E-state index contributed by atoms with van der Waals surface area (Å²) < 4.78 is 29.2. The monoisotopic (exact) mass is 404 g/mol. The first-order valence-electron chi connectivity index (χ1n) is 9.89. The van der Waals surface area contributed by atoms with Gasteiger partial charge >= 0.3 is 6.09 Å². The van der Waals surface area contributed by atoms with Gasteiger partial charge in [0.2, 0.25) is 0 Å². The molecule has 2 aromatic rings. The van der Waals surface area contributed by atoms with Crippen LogP contribution in [-0.2, 0) is 12.8 Å². The molecule has 2 atom stereocenters. The molecule has 1 amide bonds. The Bertz CT molecular complexity index is 990. The fraction of sp³-hybridized carbons (Fsp3) is 0.500. The molecule has 7 nitrogen and oxygen atoms in total. The van der Waals surface area contributed by atoms with Gasteiger partial charge in [-0.3, -0.25) is 4.90 Å². The number of nitrogens with one attached hydrogen (secondary N) is 1. The van der Waals surface area contributed by atoms with E-state index in [2.05, 4.69) is 10.4 Å². The molecule has 1 saturated carbocycles. The smallest absolute Gasteiger partial charge is 0.407 e. The number of benzene rings is 1. The summed E-state index contributed by atoms with van der Waals surface area (Å²) in [4.78, 5) is 13.1. The number of aromatic hydroxyl groups is 1.